The molecule has 0 heterocycles. The van der Waals surface area contributed by atoms with Crippen LogP contribution in [0.5, 0.6) is 0 Å². The van der Waals surface area contributed by atoms with Crippen LogP contribution in [-0.4, -0.2) is 81.2 Å². The van der Waals surface area contributed by atoms with E-state index in [2.05, 4.69) is 41.5 Å². The molecule has 0 spiro atoms. The zero-order valence-corrected chi connectivity index (χ0v) is 37.0. The molecular weight excluding hydrogens is 733 g/mol. The van der Waals surface area contributed by atoms with Gasteiger partial charge in [-0.15, -0.1) is 0 Å². The number of aliphatic hydroxyl groups is 5. The lowest BCUT2D eigenvalue weighted by Gasteiger charge is -2.63. The van der Waals surface area contributed by atoms with Crippen LogP contribution in [0.2, 0.25) is 0 Å². The van der Waals surface area contributed by atoms with E-state index < -0.39 is 18.3 Å². The fourth-order valence-electron chi connectivity index (χ4n) is 17.8. The Bertz CT molecular complexity index is 1520. The summed E-state index contributed by atoms with van der Waals surface area (Å²) in [5.41, 5.74) is -0.533. The smallest absolute Gasteiger partial charge is 0.306 e. The van der Waals surface area contributed by atoms with Gasteiger partial charge in [-0.1, -0.05) is 41.5 Å². The molecule has 58 heavy (non-hydrogen) atoms. The van der Waals surface area contributed by atoms with Gasteiger partial charge in [0.1, 0.15) is 6.10 Å². The minimum atomic E-state index is -0.448. The molecule has 0 aliphatic heterocycles. The van der Waals surface area contributed by atoms with E-state index in [1.165, 1.54) is 7.11 Å². The molecule has 0 bridgehead atoms. The second-order valence-corrected chi connectivity index (χ2v) is 23.1. The quantitative estimate of drug-likeness (QED) is 0.149. The predicted molar refractivity (Wildman–Crippen MR) is 221 cm³/mol. The van der Waals surface area contributed by atoms with Gasteiger partial charge in [-0.2, -0.15) is 0 Å². The van der Waals surface area contributed by atoms with Crippen LogP contribution in [0.3, 0.4) is 0 Å². The van der Waals surface area contributed by atoms with Crippen molar-refractivity contribution in [2.24, 2.45) is 92.7 Å². The van der Waals surface area contributed by atoms with Gasteiger partial charge >= 0.3 is 11.9 Å². The van der Waals surface area contributed by atoms with Crippen LogP contribution in [0.1, 0.15) is 157 Å². The van der Waals surface area contributed by atoms with E-state index in [9.17, 15) is 35.1 Å². The summed E-state index contributed by atoms with van der Waals surface area (Å²) in [6.07, 6.45) is 12.1. The highest BCUT2D eigenvalue weighted by atomic mass is 16.5. The summed E-state index contributed by atoms with van der Waals surface area (Å²) in [6, 6.07) is 0. The maximum Gasteiger partial charge on any atom is 0.306 e. The Morgan fingerprint density at radius 2 is 1.05 bits per heavy atom. The van der Waals surface area contributed by atoms with E-state index in [1.807, 2.05) is 0 Å². The van der Waals surface area contributed by atoms with Gasteiger partial charge in [-0.3, -0.25) is 9.59 Å². The average molecular weight is 813 g/mol. The molecule has 9 heteroatoms. The highest BCUT2D eigenvalue weighted by Gasteiger charge is 2.67. The second-order valence-electron chi connectivity index (χ2n) is 23.1. The van der Waals surface area contributed by atoms with Crippen LogP contribution in [-0.2, 0) is 19.1 Å². The third kappa shape index (κ3) is 6.78. The van der Waals surface area contributed by atoms with Crippen LogP contribution in [0, 0.1) is 92.7 Å². The largest absolute Gasteiger partial charge is 0.469 e. The van der Waals surface area contributed by atoms with Gasteiger partial charge < -0.3 is 35.0 Å². The number of rotatable bonds is 9. The van der Waals surface area contributed by atoms with E-state index in [-0.39, 0.29) is 105 Å². The third-order valence-corrected chi connectivity index (χ3v) is 21.2. The normalized spacial score (nSPS) is 53.1. The second kappa shape index (κ2) is 15.8. The summed E-state index contributed by atoms with van der Waals surface area (Å²) in [6.45, 7) is 13.8. The first-order valence-electron chi connectivity index (χ1n) is 24.0. The minimum absolute atomic E-state index is 0.0189. The zero-order chi connectivity index (χ0) is 41.7. The van der Waals surface area contributed by atoms with Crippen molar-refractivity contribution in [3.8, 4) is 0 Å². The summed E-state index contributed by atoms with van der Waals surface area (Å²) < 4.78 is 11.2. The van der Waals surface area contributed by atoms with Gasteiger partial charge in [0.25, 0.3) is 0 Å². The van der Waals surface area contributed by atoms with Crippen molar-refractivity contribution in [2.45, 2.75) is 194 Å². The average Bonchev–Trinajstić information content (AvgIpc) is 3.73. The fraction of sp³-hybridized carbons (Fsp3) is 0.959. The molecule has 0 aromatic carbocycles. The summed E-state index contributed by atoms with van der Waals surface area (Å²) in [5, 5.41) is 58.1. The lowest BCUT2D eigenvalue weighted by atomic mass is 9.43. The van der Waals surface area contributed by atoms with Crippen LogP contribution >= 0.6 is 0 Å². The molecule has 22 atom stereocenters. The summed E-state index contributed by atoms with van der Waals surface area (Å²) in [7, 11) is 1.44. The number of carbonyl (C=O) groups excluding carboxylic acids is 2. The van der Waals surface area contributed by atoms with Crippen molar-refractivity contribution < 1.29 is 44.6 Å². The molecule has 8 fully saturated rings. The monoisotopic (exact) mass is 813 g/mol. The Labute approximate surface area is 349 Å². The number of aliphatic hydroxyl groups excluding tert-OH is 5. The standard InChI is InChI=1S/C49H80O9/c1-26(8-14-42(55)57-7)32-10-12-35-45-37(25-41(54)48(32,35)5)47(4)19-17-31(21-29(47)23-39(45)52)58-43(56)15-9-27(2)33-11-13-34-44-36(24-40(53)49(33,34)6)46(3)18-16-30(50)20-28(46)22-38(44)51/h26-41,44-45,50-54H,8-25H2,1-7H3/t26-,27-,28+,29+,30-,31-,32-,33-,34?,35+,36?,37+,38-,39-,40+,41+,44?,45+,46+,47+,48-,49-/m1/s1. The Kier molecular flexibility index (Phi) is 11.8. The highest BCUT2D eigenvalue weighted by Crippen LogP contribution is 2.70. The SMILES string of the molecule is COC(=O)CC[C@@H](C)[C@H]1CC[C@H]2[C@@H]3[C@H](O)C[C@@H]4C[C@H](OC(=O)CC[C@@H](C)[C@H]5CCC6C7C(C[C@H](O)[C@@]65C)[C@@]5(C)CC[C@@H](O)C[C@H]5C[C@H]7O)CC[C@]4(C)[C@H]3C[C@H](O)[C@]12C. The van der Waals surface area contributed by atoms with Crippen LogP contribution < -0.4 is 0 Å². The van der Waals surface area contributed by atoms with Gasteiger partial charge in [0.15, 0.2) is 0 Å². The van der Waals surface area contributed by atoms with Crippen molar-refractivity contribution in [1.29, 1.82) is 0 Å². The Morgan fingerprint density at radius 3 is 1.55 bits per heavy atom. The molecule has 8 aliphatic rings. The molecule has 8 rings (SSSR count). The van der Waals surface area contributed by atoms with Gasteiger partial charge in [0.2, 0.25) is 0 Å². The van der Waals surface area contributed by atoms with E-state index in [4.69, 9.17) is 9.47 Å². The first-order chi connectivity index (χ1) is 27.4. The number of carbonyl (C=O) groups is 2. The zero-order valence-electron chi connectivity index (χ0n) is 37.0. The first kappa shape index (κ1) is 43.4. The van der Waals surface area contributed by atoms with Crippen molar-refractivity contribution in [3.63, 3.8) is 0 Å². The number of esters is 2. The number of methoxy groups -OCH3 is 1. The van der Waals surface area contributed by atoms with Crippen molar-refractivity contribution >= 4 is 11.9 Å². The number of ether oxygens (including phenoxy) is 2. The van der Waals surface area contributed by atoms with Crippen molar-refractivity contribution in [2.75, 3.05) is 7.11 Å². The minimum Gasteiger partial charge on any atom is -0.469 e. The molecule has 330 valence electrons. The van der Waals surface area contributed by atoms with Crippen LogP contribution in [0.15, 0.2) is 0 Å². The molecule has 3 unspecified atom stereocenters. The fourth-order valence-corrected chi connectivity index (χ4v) is 17.8. The Balaban J connectivity index is 0.863. The van der Waals surface area contributed by atoms with Crippen molar-refractivity contribution in [3.05, 3.63) is 0 Å². The Morgan fingerprint density at radius 1 is 0.586 bits per heavy atom. The van der Waals surface area contributed by atoms with Gasteiger partial charge in [-0.25, -0.2) is 0 Å². The van der Waals surface area contributed by atoms with E-state index >= 15 is 0 Å². The predicted octanol–water partition coefficient (Wildman–Crippen LogP) is 7.47. The van der Waals surface area contributed by atoms with E-state index in [0.29, 0.717) is 37.0 Å². The molecule has 0 aromatic heterocycles. The number of hydrogen-bond donors (Lipinski definition) is 5. The summed E-state index contributed by atoms with van der Waals surface area (Å²) in [4.78, 5) is 25.5. The third-order valence-electron chi connectivity index (χ3n) is 21.2. The maximum absolute atomic E-state index is 13.6. The van der Waals surface area contributed by atoms with Gasteiger partial charge in [-0.05, 0) is 195 Å². The number of hydrogen-bond acceptors (Lipinski definition) is 9. The van der Waals surface area contributed by atoms with Gasteiger partial charge in [0.05, 0.1) is 37.6 Å². The molecule has 0 saturated heterocycles. The number of fused-ring (bicyclic) bond motifs is 10. The highest BCUT2D eigenvalue weighted by molar-refractivity contribution is 5.69. The van der Waals surface area contributed by atoms with Crippen LogP contribution in [0.4, 0.5) is 0 Å². The van der Waals surface area contributed by atoms with E-state index in [0.717, 1.165) is 96.3 Å². The molecule has 8 saturated carbocycles. The topological polar surface area (TPSA) is 154 Å². The van der Waals surface area contributed by atoms with Crippen molar-refractivity contribution in [1.82, 2.24) is 0 Å². The molecule has 9 nitrogen and oxygen atoms in total. The molecule has 0 amide bonds. The van der Waals surface area contributed by atoms with Gasteiger partial charge in [0, 0.05) is 12.8 Å². The molecular formula is C49H80O9. The molecule has 0 aromatic rings. The lowest BCUT2D eigenvalue weighted by molar-refractivity contribution is -0.209. The molecule has 0 radical (unpaired) electrons. The van der Waals surface area contributed by atoms with Crippen LogP contribution in [0.25, 0.3) is 0 Å². The maximum atomic E-state index is 13.6. The summed E-state index contributed by atoms with van der Waals surface area (Å²) in [5.74, 6) is 2.71. The Hall–Kier alpha value is -1.26. The molecule has 5 N–H and O–H groups in total. The summed E-state index contributed by atoms with van der Waals surface area (Å²) >= 11 is 0. The first-order valence-corrected chi connectivity index (χ1v) is 24.0. The lowest BCUT2D eigenvalue weighted by Crippen LogP contribution is -2.62. The van der Waals surface area contributed by atoms with E-state index in [1.54, 1.807) is 0 Å². The molecule has 8 aliphatic carbocycles.